The molecule has 1 aliphatic rings. The number of carboxylic acids is 1. The third-order valence-electron chi connectivity index (χ3n) is 3.24. The van der Waals surface area contributed by atoms with Gasteiger partial charge in [0.05, 0.1) is 17.0 Å². The molecule has 108 valence electrons. The van der Waals surface area contributed by atoms with E-state index in [-0.39, 0.29) is 17.0 Å². The largest absolute Gasteiger partial charge is 0.486 e. The maximum atomic E-state index is 11.1. The van der Waals surface area contributed by atoms with Crippen LogP contribution in [0.2, 0.25) is 5.02 Å². The molecule has 5 nitrogen and oxygen atoms in total. The average Bonchev–Trinajstić information content (AvgIpc) is 2.36. The number of halogens is 1. The first kappa shape index (κ1) is 14.7. The highest BCUT2D eigenvalue weighted by molar-refractivity contribution is 6.33. The first-order valence-corrected chi connectivity index (χ1v) is 6.54. The summed E-state index contributed by atoms with van der Waals surface area (Å²) in [6, 6.07) is 1.59. The van der Waals surface area contributed by atoms with Crippen LogP contribution >= 0.6 is 11.6 Å². The highest BCUT2D eigenvalue weighted by Gasteiger charge is 2.33. The monoisotopic (exact) mass is 298 g/mol. The number of hydrogen-bond acceptors (Lipinski definition) is 4. The lowest BCUT2D eigenvalue weighted by Gasteiger charge is -2.30. The molecule has 2 rings (SSSR count). The quantitative estimate of drug-likeness (QED) is 0.865. The minimum absolute atomic E-state index is 0.0838. The molecule has 20 heavy (non-hydrogen) atoms. The molecular formula is C14H15ClO5. The van der Waals surface area contributed by atoms with Gasteiger partial charge >= 0.3 is 5.97 Å². The van der Waals surface area contributed by atoms with Crippen molar-refractivity contribution in [2.75, 3.05) is 13.2 Å². The molecular weight excluding hydrogens is 284 g/mol. The number of benzene rings is 1. The molecule has 0 atom stereocenters. The molecule has 6 heteroatoms. The van der Waals surface area contributed by atoms with Crippen LogP contribution in [-0.4, -0.2) is 30.6 Å². The van der Waals surface area contributed by atoms with Crippen LogP contribution in [0.25, 0.3) is 0 Å². The van der Waals surface area contributed by atoms with Gasteiger partial charge in [-0.1, -0.05) is 25.4 Å². The van der Waals surface area contributed by atoms with Crippen LogP contribution in [0, 0.1) is 0 Å². The third-order valence-corrected chi connectivity index (χ3v) is 3.55. The van der Waals surface area contributed by atoms with E-state index >= 15 is 0 Å². The van der Waals surface area contributed by atoms with Crippen molar-refractivity contribution in [3.8, 4) is 11.5 Å². The van der Waals surface area contributed by atoms with Crippen molar-refractivity contribution in [3.05, 3.63) is 22.2 Å². The Balaban J connectivity index is 2.62. The van der Waals surface area contributed by atoms with Crippen molar-refractivity contribution < 1.29 is 24.2 Å². The van der Waals surface area contributed by atoms with E-state index < -0.39 is 11.4 Å². The van der Waals surface area contributed by atoms with Crippen LogP contribution in [0.5, 0.6) is 11.5 Å². The summed E-state index contributed by atoms with van der Waals surface area (Å²) < 4.78 is 11.1. The van der Waals surface area contributed by atoms with Crippen LogP contribution in [0.1, 0.15) is 36.2 Å². The van der Waals surface area contributed by atoms with Gasteiger partial charge in [-0.15, -0.1) is 0 Å². The minimum atomic E-state index is -0.920. The van der Waals surface area contributed by atoms with Gasteiger partial charge in [-0.05, 0) is 6.07 Å². The average molecular weight is 299 g/mol. The Hall–Kier alpha value is -1.75. The van der Waals surface area contributed by atoms with Gasteiger partial charge < -0.3 is 14.6 Å². The lowest BCUT2D eigenvalue weighted by molar-refractivity contribution is -0.138. The van der Waals surface area contributed by atoms with Gasteiger partial charge in [0.15, 0.2) is 17.8 Å². The Labute approximate surface area is 121 Å². The smallest absolute Gasteiger partial charge is 0.304 e. The standard InChI is InChI=1S/C14H15ClO5/c1-14(2,6-11(17)18)9-5-10(15)8(7-16)12-13(9)20-4-3-19-12/h5,7H,3-4,6H2,1-2H3,(H,17,18). The zero-order valence-electron chi connectivity index (χ0n) is 11.2. The summed E-state index contributed by atoms with van der Waals surface area (Å²) in [7, 11) is 0. The molecule has 1 aliphatic heterocycles. The number of carboxylic acid groups (broad SMARTS) is 1. The van der Waals surface area contributed by atoms with Crippen LogP contribution in [0.15, 0.2) is 6.07 Å². The predicted molar refractivity (Wildman–Crippen MR) is 73.1 cm³/mol. The highest BCUT2D eigenvalue weighted by atomic mass is 35.5. The summed E-state index contributed by atoms with van der Waals surface area (Å²) in [6.45, 7) is 4.24. The molecule has 0 saturated carbocycles. The van der Waals surface area contributed by atoms with Gasteiger partial charge in [-0.3, -0.25) is 9.59 Å². The molecule has 0 spiro atoms. The first-order chi connectivity index (χ1) is 9.36. The molecule has 0 aliphatic carbocycles. The Morgan fingerprint density at radius 1 is 1.40 bits per heavy atom. The zero-order valence-corrected chi connectivity index (χ0v) is 12.0. The Morgan fingerprint density at radius 2 is 2.00 bits per heavy atom. The Bertz CT molecular complexity index is 565. The van der Waals surface area contributed by atoms with Gasteiger partial charge in [-0.2, -0.15) is 0 Å². The number of hydrogen-bond donors (Lipinski definition) is 1. The molecule has 1 N–H and O–H groups in total. The van der Waals surface area contributed by atoms with Crippen LogP contribution in [-0.2, 0) is 10.2 Å². The highest BCUT2D eigenvalue weighted by Crippen LogP contribution is 2.46. The van der Waals surface area contributed by atoms with Crippen LogP contribution in [0.4, 0.5) is 0 Å². The number of carbonyl (C=O) groups is 2. The molecule has 0 radical (unpaired) electrons. The van der Waals surface area contributed by atoms with E-state index in [9.17, 15) is 9.59 Å². The maximum Gasteiger partial charge on any atom is 0.304 e. The Morgan fingerprint density at radius 3 is 2.55 bits per heavy atom. The molecule has 0 amide bonds. The first-order valence-electron chi connectivity index (χ1n) is 6.16. The summed E-state index contributed by atoms with van der Waals surface area (Å²) in [5.74, 6) is -0.211. The second kappa shape index (κ2) is 5.32. The fourth-order valence-electron chi connectivity index (χ4n) is 2.28. The second-order valence-corrected chi connectivity index (χ2v) is 5.65. The number of carbonyl (C=O) groups excluding carboxylic acids is 1. The molecule has 0 saturated heterocycles. The Kier molecular flexibility index (Phi) is 3.90. The fraction of sp³-hybridized carbons (Fsp3) is 0.429. The topological polar surface area (TPSA) is 72.8 Å². The van der Waals surface area contributed by atoms with E-state index in [4.69, 9.17) is 26.2 Å². The normalized spacial score (nSPS) is 13.9. The summed E-state index contributed by atoms with van der Waals surface area (Å²) in [4.78, 5) is 22.1. The molecule has 0 bridgehead atoms. The van der Waals surface area contributed by atoms with Gasteiger partial charge in [0.25, 0.3) is 0 Å². The maximum absolute atomic E-state index is 11.1. The van der Waals surface area contributed by atoms with E-state index in [1.54, 1.807) is 19.9 Å². The summed E-state index contributed by atoms with van der Waals surface area (Å²) in [5, 5.41) is 9.26. The number of ether oxygens (including phenoxy) is 2. The summed E-state index contributed by atoms with van der Waals surface area (Å²) >= 11 is 6.09. The van der Waals surface area contributed by atoms with Crippen molar-refractivity contribution in [1.82, 2.24) is 0 Å². The molecule has 0 aromatic heterocycles. The minimum Gasteiger partial charge on any atom is -0.486 e. The molecule has 1 aromatic rings. The van der Waals surface area contributed by atoms with Crippen molar-refractivity contribution in [1.29, 1.82) is 0 Å². The molecule has 1 heterocycles. The molecule has 0 unspecified atom stereocenters. The lowest BCUT2D eigenvalue weighted by atomic mass is 9.80. The third kappa shape index (κ3) is 2.58. The van der Waals surface area contributed by atoms with E-state index in [0.717, 1.165) is 0 Å². The van der Waals surface area contributed by atoms with Crippen LogP contribution in [0.3, 0.4) is 0 Å². The van der Waals surface area contributed by atoms with Crippen molar-refractivity contribution in [2.45, 2.75) is 25.7 Å². The number of aldehydes is 1. The SMILES string of the molecule is CC(C)(CC(=O)O)c1cc(Cl)c(C=O)c2c1OCCO2. The van der Waals surface area contributed by atoms with E-state index in [2.05, 4.69) is 0 Å². The fourth-order valence-corrected chi connectivity index (χ4v) is 2.52. The summed E-state index contributed by atoms with van der Waals surface area (Å²) in [6.07, 6.45) is 0.531. The van der Waals surface area contributed by atoms with Crippen molar-refractivity contribution >= 4 is 23.9 Å². The zero-order chi connectivity index (χ0) is 14.9. The van der Waals surface area contributed by atoms with Gasteiger partial charge in [0.1, 0.15) is 13.2 Å². The van der Waals surface area contributed by atoms with Crippen molar-refractivity contribution in [2.24, 2.45) is 0 Å². The number of fused-ring (bicyclic) bond motifs is 1. The summed E-state index contributed by atoms with van der Waals surface area (Å²) in [5.41, 5.74) is 0.170. The van der Waals surface area contributed by atoms with Crippen molar-refractivity contribution in [3.63, 3.8) is 0 Å². The van der Waals surface area contributed by atoms with Gasteiger partial charge in [0, 0.05) is 11.0 Å². The van der Waals surface area contributed by atoms with E-state index in [1.165, 1.54) is 0 Å². The van der Waals surface area contributed by atoms with Gasteiger partial charge in [0.2, 0.25) is 0 Å². The number of aliphatic carboxylic acids is 1. The van der Waals surface area contributed by atoms with E-state index in [0.29, 0.717) is 36.6 Å². The molecule has 1 aromatic carbocycles. The second-order valence-electron chi connectivity index (χ2n) is 5.25. The predicted octanol–water partition coefficient (Wildman–Crippen LogP) is 2.68. The number of rotatable bonds is 4. The molecule has 0 fully saturated rings. The van der Waals surface area contributed by atoms with Gasteiger partial charge in [-0.25, -0.2) is 0 Å². The van der Waals surface area contributed by atoms with E-state index in [1.807, 2.05) is 0 Å². The lowest BCUT2D eigenvalue weighted by Crippen LogP contribution is -2.26. The van der Waals surface area contributed by atoms with Crippen LogP contribution < -0.4 is 9.47 Å².